The number of benzene rings is 1. The maximum atomic E-state index is 12.4. The van der Waals surface area contributed by atoms with Gasteiger partial charge < -0.3 is 9.88 Å². The summed E-state index contributed by atoms with van der Waals surface area (Å²) in [6.45, 7) is 0.840. The van der Waals surface area contributed by atoms with Gasteiger partial charge in [-0.15, -0.1) is 21.5 Å². The van der Waals surface area contributed by atoms with Gasteiger partial charge in [-0.1, -0.05) is 12.1 Å². The third-order valence-electron chi connectivity index (χ3n) is 3.95. The molecule has 0 aliphatic carbocycles. The average Bonchev–Trinajstić information content (AvgIpc) is 3.12. The second-order valence-electron chi connectivity index (χ2n) is 5.43. The van der Waals surface area contributed by atoms with E-state index in [1.807, 2.05) is 24.3 Å². The molecule has 22 heavy (non-hydrogen) atoms. The summed E-state index contributed by atoms with van der Waals surface area (Å²) in [5.41, 5.74) is 0.879. The van der Waals surface area contributed by atoms with Crippen molar-refractivity contribution in [2.75, 3.05) is 0 Å². The summed E-state index contributed by atoms with van der Waals surface area (Å²) in [7, 11) is 0. The maximum Gasteiger partial charge on any atom is 0.280 e. The van der Waals surface area contributed by atoms with Crippen LogP contribution in [0.5, 0.6) is 0 Å². The number of nitrogens with one attached hydrogen (secondary N) is 1. The Morgan fingerprint density at radius 3 is 3.14 bits per heavy atom. The van der Waals surface area contributed by atoms with E-state index >= 15 is 0 Å². The number of rotatable bonds is 2. The topological polar surface area (TPSA) is 72.7 Å². The molecule has 112 valence electrons. The van der Waals surface area contributed by atoms with Crippen molar-refractivity contribution in [3.63, 3.8) is 0 Å². The number of nitrogens with zero attached hydrogens (tertiary/aromatic N) is 4. The van der Waals surface area contributed by atoms with Crippen LogP contribution in [0, 0.1) is 0 Å². The molecule has 3 aromatic rings. The van der Waals surface area contributed by atoms with Gasteiger partial charge in [0.1, 0.15) is 12.2 Å². The van der Waals surface area contributed by atoms with Crippen LogP contribution in [0.1, 0.15) is 28.5 Å². The third-order valence-corrected chi connectivity index (χ3v) is 4.99. The highest BCUT2D eigenvalue weighted by molar-refractivity contribution is 7.20. The van der Waals surface area contributed by atoms with Gasteiger partial charge in [-0.2, -0.15) is 0 Å². The molecule has 3 heterocycles. The summed E-state index contributed by atoms with van der Waals surface area (Å²) in [6, 6.07) is 7.97. The monoisotopic (exact) mass is 313 g/mol. The van der Waals surface area contributed by atoms with Gasteiger partial charge in [0, 0.05) is 19.0 Å². The van der Waals surface area contributed by atoms with Gasteiger partial charge >= 0.3 is 0 Å². The number of carbonyl (C=O) groups is 1. The molecule has 0 fully saturated rings. The van der Waals surface area contributed by atoms with Gasteiger partial charge in [0.2, 0.25) is 0 Å². The Morgan fingerprint density at radius 1 is 1.32 bits per heavy atom. The van der Waals surface area contributed by atoms with E-state index in [-0.39, 0.29) is 11.9 Å². The molecule has 1 aliphatic heterocycles. The van der Waals surface area contributed by atoms with Crippen LogP contribution >= 0.6 is 11.3 Å². The van der Waals surface area contributed by atoms with Gasteiger partial charge in [0.25, 0.3) is 5.91 Å². The predicted octanol–water partition coefficient (Wildman–Crippen LogP) is 2.02. The van der Waals surface area contributed by atoms with Crippen LogP contribution in [0.2, 0.25) is 0 Å². The lowest BCUT2D eigenvalue weighted by Crippen LogP contribution is -2.35. The second-order valence-corrected chi connectivity index (χ2v) is 6.46. The number of fused-ring (bicyclic) bond motifs is 2. The molecule has 0 spiro atoms. The van der Waals surface area contributed by atoms with E-state index in [0.29, 0.717) is 5.01 Å². The molecule has 1 unspecified atom stereocenters. The number of hydrogen-bond donors (Lipinski definition) is 1. The molecule has 1 N–H and O–H groups in total. The van der Waals surface area contributed by atoms with Crippen LogP contribution < -0.4 is 5.32 Å². The van der Waals surface area contributed by atoms with Crippen molar-refractivity contribution in [1.29, 1.82) is 0 Å². The van der Waals surface area contributed by atoms with Crippen molar-refractivity contribution in [1.82, 2.24) is 25.1 Å². The lowest BCUT2D eigenvalue weighted by molar-refractivity contribution is 0.0933. The normalized spacial score (nSPS) is 17.9. The first kappa shape index (κ1) is 13.4. The molecule has 0 radical (unpaired) electrons. The van der Waals surface area contributed by atoms with Gasteiger partial charge in [-0.25, -0.2) is 4.98 Å². The fourth-order valence-electron chi connectivity index (χ4n) is 2.76. The van der Waals surface area contributed by atoms with E-state index in [0.717, 1.165) is 41.8 Å². The summed E-state index contributed by atoms with van der Waals surface area (Å²) >= 11 is 1.44. The number of para-hydroxylation sites is 1. The zero-order chi connectivity index (χ0) is 14.9. The van der Waals surface area contributed by atoms with Gasteiger partial charge in [-0.05, 0) is 25.0 Å². The molecular weight excluding hydrogens is 298 g/mol. The smallest absolute Gasteiger partial charge is 0.280 e. The summed E-state index contributed by atoms with van der Waals surface area (Å²) in [5, 5.41) is 11.7. The first-order valence-corrected chi connectivity index (χ1v) is 8.14. The molecule has 0 saturated heterocycles. The lowest BCUT2D eigenvalue weighted by atomic mass is 10.1. The van der Waals surface area contributed by atoms with Crippen LogP contribution in [-0.2, 0) is 13.0 Å². The van der Waals surface area contributed by atoms with Crippen LogP contribution in [0.15, 0.2) is 30.6 Å². The maximum absolute atomic E-state index is 12.4. The highest BCUT2D eigenvalue weighted by Gasteiger charge is 2.20. The molecule has 6 nitrogen and oxygen atoms in total. The number of thiazole rings is 1. The minimum Gasteiger partial charge on any atom is -0.347 e. The zero-order valence-corrected chi connectivity index (χ0v) is 12.7. The number of carbonyl (C=O) groups excluding carboxylic acids is 1. The fourth-order valence-corrected chi connectivity index (χ4v) is 3.63. The van der Waals surface area contributed by atoms with Crippen molar-refractivity contribution in [2.45, 2.75) is 31.8 Å². The molecule has 4 rings (SSSR count). The molecule has 0 saturated carbocycles. The van der Waals surface area contributed by atoms with Crippen molar-refractivity contribution >= 4 is 27.5 Å². The van der Waals surface area contributed by atoms with Crippen LogP contribution in [0.4, 0.5) is 0 Å². The zero-order valence-electron chi connectivity index (χ0n) is 11.9. The van der Waals surface area contributed by atoms with Crippen molar-refractivity contribution in [3.05, 3.63) is 41.4 Å². The lowest BCUT2D eigenvalue weighted by Gasteiger charge is -2.14. The quantitative estimate of drug-likeness (QED) is 0.785. The first-order valence-electron chi connectivity index (χ1n) is 7.33. The minimum absolute atomic E-state index is 0.0798. The Bertz CT molecular complexity index is 769. The molecule has 2 aromatic heterocycles. The summed E-state index contributed by atoms with van der Waals surface area (Å²) < 4.78 is 3.10. The first-order chi connectivity index (χ1) is 10.8. The SMILES string of the molecule is O=C(NC1CCc2nncn2CC1)c1nc2ccccc2s1. The number of hydrogen-bond acceptors (Lipinski definition) is 5. The molecule has 1 amide bonds. The van der Waals surface area contributed by atoms with E-state index < -0.39 is 0 Å². The summed E-state index contributed by atoms with van der Waals surface area (Å²) in [5.74, 6) is 0.917. The molecule has 0 bridgehead atoms. The number of amides is 1. The average molecular weight is 313 g/mol. The molecular formula is C15H15N5OS. The van der Waals surface area contributed by atoms with E-state index in [2.05, 4.69) is 25.1 Å². The van der Waals surface area contributed by atoms with Gasteiger partial charge in [0.05, 0.1) is 10.2 Å². The fraction of sp³-hybridized carbons (Fsp3) is 0.333. The minimum atomic E-state index is -0.0798. The summed E-state index contributed by atoms with van der Waals surface area (Å²) in [6.07, 6.45) is 4.37. The second kappa shape index (κ2) is 5.49. The highest BCUT2D eigenvalue weighted by atomic mass is 32.1. The number of aromatic nitrogens is 4. The van der Waals surface area contributed by atoms with Crippen molar-refractivity contribution < 1.29 is 4.79 Å². The van der Waals surface area contributed by atoms with Crippen LogP contribution in [0.3, 0.4) is 0 Å². The van der Waals surface area contributed by atoms with Crippen molar-refractivity contribution in [2.24, 2.45) is 0 Å². The van der Waals surface area contributed by atoms with E-state index in [1.54, 1.807) is 6.33 Å². The number of aryl methyl sites for hydroxylation is 2. The molecule has 1 aliphatic rings. The van der Waals surface area contributed by atoms with E-state index in [9.17, 15) is 4.79 Å². The molecule has 1 atom stereocenters. The van der Waals surface area contributed by atoms with E-state index in [1.165, 1.54) is 11.3 Å². The summed E-state index contributed by atoms with van der Waals surface area (Å²) in [4.78, 5) is 16.8. The Hall–Kier alpha value is -2.28. The van der Waals surface area contributed by atoms with Crippen LogP contribution in [-0.4, -0.2) is 31.7 Å². The Balaban J connectivity index is 1.46. The standard InChI is InChI=1S/C15H15N5OS/c21-14(15-18-11-3-1-2-4-12(11)22-15)17-10-5-6-13-19-16-9-20(13)8-7-10/h1-4,9-10H,5-8H2,(H,17,21). The largest absolute Gasteiger partial charge is 0.347 e. The van der Waals surface area contributed by atoms with Crippen LogP contribution in [0.25, 0.3) is 10.2 Å². The van der Waals surface area contributed by atoms with E-state index in [4.69, 9.17) is 0 Å². The Kier molecular flexibility index (Phi) is 3.34. The third kappa shape index (κ3) is 2.48. The van der Waals surface area contributed by atoms with Gasteiger partial charge in [-0.3, -0.25) is 4.79 Å². The Labute approximate surface area is 131 Å². The Morgan fingerprint density at radius 2 is 2.23 bits per heavy atom. The molecule has 1 aromatic carbocycles. The van der Waals surface area contributed by atoms with Crippen molar-refractivity contribution in [3.8, 4) is 0 Å². The van der Waals surface area contributed by atoms with Gasteiger partial charge in [0.15, 0.2) is 5.01 Å². The highest BCUT2D eigenvalue weighted by Crippen LogP contribution is 2.22. The molecule has 7 heteroatoms. The predicted molar refractivity (Wildman–Crippen MR) is 83.8 cm³/mol.